The van der Waals surface area contributed by atoms with Gasteiger partial charge in [0.2, 0.25) is 0 Å². The summed E-state index contributed by atoms with van der Waals surface area (Å²) >= 11 is 0. The molecule has 2 fully saturated rings. The third-order valence-electron chi connectivity index (χ3n) is 4.03. The molecule has 3 rings (SSSR count). The zero-order valence-electron chi connectivity index (χ0n) is 9.92. The predicted octanol–water partition coefficient (Wildman–Crippen LogP) is 2.80. The van der Waals surface area contributed by atoms with Crippen molar-refractivity contribution in [1.82, 2.24) is 5.32 Å². The quantitative estimate of drug-likeness (QED) is 0.808. The van der Waals surface area contributed by atoms with E-state index < -0.39 is 0 Å². The summed E-state index contributed by atoms with van der Waals surface area (Å²) in [5.74, 6) is -0.123. The third-order valence-corrected chi connectivity index (χ3v) is 4.03. The van der Waals surface area contributed by atoms with E-state index in [0.717, 1.165) is 31.6 Å². The molecular weight excluding hydrogens is 217 g/mol. The molecule has 2 nitrogen and oxygen atoms in total. The molecule has 1 saturated heterocycles. The van der Waals surface area contributed by atoms with Crippen LogP contribution in [0, 0.1) is 5.82 Å². The highest BCUT2D eigenvalue weighted by atomic mass is 19.1. The molecule has 92 valence electrons. The number of ether oxygens (including phenoxy) is 1. The van der Waals surface area contributed by atoms with Gasteiger partial charge in [-0.2, -0.15) is 0 Å². The molecular formula is C14H18FNO. The lowest BCUT2D eigenvalue weighted by Crippen LogP contribution is -2.50. The number of hydrogen-bond donors (Lipinski definition) is 1. The molecule has 1 spiro atoms. The lowest BCUT2D eigenvalue weighted by Gasteiger charge is -2.42. The van der Waals surface area contributed by atoms with Gasteiger partial charge in [0.05, 0.1) is 18.2 Å². The topological polar surface area (TPSA) is 21.3 Å². The predicted molar refractivity (Wildman–Crippen MR) is 64.3 cm³/mol. The molecule has 17 heavy (non-hydrogen) atoms. The van der Waals surface area contributed by atoms with Gasteiger partial charge in [-0.3, -0.25) is 0 Å². The second kappa shape index (κ2) is 4.39. The number of morpholine rings is 1. The van der Waals surface area contributed by atoms with Gasteiger partial charge in [-0.05, 0) is 18.9 Å². The van der Waals surface area contributed by atoms with Crippen LogP contribution in [0.3, 0.4) is 0 Å². The molecule has 0 bridgehead atoms. The van der Waals surface area contributed by atoms with E-state index in [-0.39, 0.29) is 17.5 Å². The second-order valence-corrected chi connectivity index (χ2v) is 5.03. The summed E-state index contributed by atoms with van der Waals surface area (Å²) in [5, 5.41) is 3.44. The van der Waals surface area contributed by atoms with Crippen LogP contribution in [0.25, 0.3) is 0 Å². The van der Waals surface area contributed by atoms with Crippen molar-refractivity contribution in [2.45, 2.75) is 37.3 Å². The summed E-state index contributed by atoms with van der Waals surface area (Å²) in [6.07, 6.45) is 4.46. The summed E-state index contributed by atoms with van der Waals surface area (Å²) in [5.41, 5.74) is 0.592. The lowest BCUT2D eigenvalue weighted by atomic mass is 9.85. The molecule has 2 aliphatic rings. The maximum Gasteiger partial charge on any atom is 0.128 e. The van der Waals surface area contributed by atoms with Gasteiger partial charge in [-0.15, -0.1) is 0 Å². The fourth-order valence-electron chi connectivity index (χ4n) is 3.24. The third kappa shape index (κ3) is 1.87. The van der Waals surface area contributed by atoms with E-state index in [1.807, 2.05) is 12.1 Å². The Balaban J connectivity index is 1.97. The molecule has 1 aliphatic heterocycles. The molecule has 3 heteroatoms. The van der Waals surface area contributed by atoms with Crippen LogP contribution in [0.1, 0.15) is 37.3 Å². The Bertz CT molecular complexity index is 401. The Morgan fingerprint density at radius 3 is 2.76 bits per heavy atom. The summed E-state index contributed by atoms with van der Waals surface area (Å²) < 4.78 is 19.9. The van der Waals surface area contributed by atoms with Crippen molar-refractivity contribution < 1.29 is 9.13 Å². The number of benzene rings is 1. The first-order valence-corrected chi connectivity index (χ1v) is 6.44. The second-order valence-electron chi connectivity index (χ2n) is 5.03. The van der Waals surface area contributed by atoms with Gasteiger partial charge < -0.3 is 10.1 Å². The first kappa shape index (κ1) is 11.2. The standard InChI is InChI=1S/C14H18FNO/c15-12-6-2-1-5-11(12)13-14(7-3-4-8-14)17-10-9-16-13/h1-2,5-6,13,16H,3-4,7-10H2. The summed E-state index contributed by atoms with van der Waals surface area (Å²) in [6.45, 7) is 1.55. The fourth-order valence-corrected chi connectivity index (χ4v) is 3.24. The highest BCUT2D eigenvalue weighted by Crippen LogP contribution is 2.44. The van der Waals surface area contributed by atoms with Crippen LogP contribution in [-0.4, -0.2) is 18.8 Å². The number of rotatable bonds is 1. The first-order valence-electron chi connectivity index (χ1n) is 6.44. The first-order chi connectivity index (χ1) is 8.32. The lowest BCUT2D eigenvalue weighted by molar-refractivity contribution is -0.0942. The van der Waals surface area contributed by atoms with Gasteiger partial charge in [0, 0.05) is 12.1 Å². The Hall–Kier alpha value is -0.930. The van der Waals surface area contributed by atoms with E-state index in [4.69, 9.17) is 4.74 Å². The maximum absolute atomic E-state index is 13.9. The van der Waals surface area contributed by atoms with E-state index in [1.54, 1.807) is 6.07 Å². The van der Waals surface area contributed by atoms with Crippen molar-refractivity contribution in [2.75, 3.05) is 13.2 Å². The Morgan fingerprint density at radius 2 is 2.00 bits per heavy atom. The van der Waals surface area contributed by atoms with Gasteiger partial charge >= 0.3 is 0 Å². The van der Waals surface area contributed by atoms with Crippen molar-refractivity contribution in [2.24, 2.45) is 0 Å². The average Bonchev–Trinajstić information content (AvgIpc) is 2.80. The minimum Gasteiger partial charge on any atom is -0.372 e. The van der Waals surface area contributed by atoms with Crippen molar-refractivity contribution in [3.05, 3.63) is 35.6 Å². The summed E-state index contributed by atoms with van der Waals surface area (Å²) in [6, 6.07) is 7.07. The minimum atomic E-state index is -0.166. The normalized spacial score (nSPS) is 27.5. The van der Waals surface area contributed by atoms with Gasteiger partial charge in [0.25, 0.3) is 0 Å². The largest absolute Gasteiger partial charge is 0.372 e. The molecule has 0 amide bonds. The van der Waals surface area contributed by atoms with Crippen molar-refractivity contribution in [3.8, 4) is 0 Å². The highest BCUT2D eigenvalue weighted by Gasteiger charge is 2.45. The molecule has 1 aliphatic carbocycles. The van der Waals surface area contributed by atoms with Crippen LogP contribution < -0.4 is 5.32 Å². The Kier molecular flexibility index (Phi) is 2.89. The van der Waals surface area contributed by atoms with E-state index >= 15 is 0 Å². The van der Waals surface area contributed by atoms with Crippen molar-refractivity contribution in [1.29, 1.82) is 0 Å². The van der Waals surface area contributed by atoms with Crippen molar-refractivity contribution in [3.63, 3.8) is 0 Å². The molecule has 0 aromatic heterocycles. The van der Waals surface area contributed by atoms with E-state index in [2.05, 4.69) is 5.32 Å². The smallest absolute Gasteiger partial charge is 0.128 e. The van der Waals surface area contributed by atoms with Gasteiger partial charge in [0.15, 0.2) is 0 Å². The Labute approximate surface area is 101 Å². The molecule has 1 aromatic carbocycles. The number of halogens is 1. The van der Waals surface area contributed by atoms with E-state index in [1.165, 1.54) is 18.9 Å². The molecule has 1 aromatic rings. The molecule has 1 heterocycles. The molecule has 1 unspecified atom stereocenters. The molecule has 0 radical (unpaired) electrons. The minimum absolute atomic E-state index is 0.0138. The van der Waals surface area contributed by atoms with E-state index in [9.17, 15) is 4.39 Å². The zero-order valence-corrected chi connectivity index (χ0v) is 9.92. The average molecular weight is 235 g/mol. The van der Waals surface area contributed by atoms with Crippen LogP contribution in [0.2, 0.25) is 0 Å². The molecule has 1 N–H and O–H groups in total. The Morgan fingerprint density at radius 1 is 1.24 bits per heavy atom. The van der Waals surface area contributed by atoms with Crippen molar-refractivity contribution >= 4 is 0 Å². The number of nitrogens with one attached hydrogen (secondary N) is 1. The van der Waals surface area contributed by atoms with E-state index in [0.29, 0.717) is 0 Å². The molecule has 1 saturated carbocycles. The van der Waals surface area contributed by atoms with Crippen LogP contribution >= 0.6 is 0 Å². The zero-order chi connectivity index (χ0) is 11.7. The highest BCUT2D eigenvalue weighted by molar-refractivity contribution is 5.25. The van der Waals surface area contributed by atoms with Crippen LogP contribution in [0.5, 0.6) is 0 Å². The van der Waals surface area contributed by atoms with Gasteiger partial charge in [-0.1, -0.05) is 31.0 Å². The fraction of sp³-hybridized carbons (Fsp3) is 0.571. The monoisotopic (exact) mass is 235 g/mol. The number of hydrogen-bond acceptors (Lipinski definition) is 2. The van der Waals surface area contributed by atoms with Gasteiger partial charge in [-0.25, -0.2) is 4.39 Å². The van der Waals surface area contributed by atoms with Gasteiger partial charge in [0.1, 0.15) is 5.82 Å². The molecule has 1 atom stereocenters. The van der Waals surface area contributed by atoms with Crippen LogP contribution in [0.15, 0.2) is 24.3 Å². The maximum atomic E-state index is 13.9. The summed E-state index contributed by atoms with van der Waals surface area (Å²) in [7, 11) is 0. The van der Waals surface area contributed by atoms with Crippen LogP contribution in [0.4, 0.5) is 4.39 Å². The summed E-state index contributed by atoms with van der Waals surface area (Å²) in [4.78, 5) is 0. The SMILES string of the molecule is Fc1ccccc1C1NCCOC12CCCC2. The van der Waals surface area contributed by atoms with Crippen LogP contribution in [-0.2, 0) is 4.74 Å².